The molecule has 0 saturated carbocycles. The van der Waals surface area contributed by atoms with E-state index in [1.165, 1.54) is 19.8 Å². The van der Waals surface area contributed by atoms with Crippen LogP contribution >= 0.6 is 0 Å². The maximum absolute atomic E-state index is 9.86. The van der Waals surface area contributed by atoms with Crippen molar-refractivity contribution in [3.05, 3.63) is 53.6 Å². The molecule has 0 unspecified atom stereocenters. The van der Waals surface area contributed by atoms with Crippen molar-refractivity contribution in [3.8, 4) is 17.2 Å². The van der Waals surface area contributed by atoms with Crippen LogP contribution < -0.4 is 14.8 Å². The van der Waals surface area contributed by atoms with Crippen molar-refractivity contribution in [2.45, 2.75) is 13.0 Å². The fourth-order valence-electron chi connectivity index (χ4n) is 2.16. The summed E-state index contributed by atoms with van der Waals surface area (Å²) in [6, 6.07) is 14.0. The summed E-state index contributed by atoms with van der Waals surface area (Å²) in [5.41, 5.74) is 2.32. The Hall–Kier alpha value is -2.20. The van der Waals surface area contributed by atoms with Gasteiger partial charge >= 0.3 is 0 Å². The molecule has 2 aromatic carbocycles. The van der Waals surface area contributed by atoms with Crippen molar-refractivity contribution < 1.29 is 14.6 Å². The van der Waals surface area contributed by atoms with Gasteiger partial charge in [0.15, 0.2) is 11.5 Å². The number of phenolic OH excluding ortho intramolecular Hbond substituents is 1. The molecule has 2 N–H and O–H groups in total. The molecule has 0 aliphatic rings. The first-order valence-electron chi connectivity index (χ1n) is 6.93. The minimum Gasteiger partial charge on any atom is -0.502 e. The highest BCUT2D eigenvalue weighted by atomic mass is 16.5. The van der Waals surface area contributed by atoms with Crippen molar-refractivity contribution >= 4 is 0 Å². The van der Waals surface area contributed by atoms with Crippen LogP contribution in [0.4, 0.5) is 0 Å². The van der Waals surface area contributed by atoms with Gasteiger partial charge in [-0.05, 0) is 36.2 Å². The highest BCUT2D eigenvalue weighted by molar-refractivity contribution is 5.52. The van der Waals surface area contributed by atoms with Gasteiger partial charge in [-0.1, -0.05) is 30.3 Å². The highest BCUT2D eigenvalue weighted by Gasteiger charge is 2.10. The number of hydrogen-bond acceptors (Lipinski definition) is 4. The summed E-state index contributed by atoms with van der Waals surface area (Å²) in [6.45, 7) is 1.58. The molecule has 0 fully saturated rings. The summed E-state index contributed by atoms with van der Waals surface area (Å²) in [7, 11) is 3.06. The minimum atomic E-state index is 0.0352. The second-order valence-corrected chi connectivity index (χ2v) is 4.76. The zero-order chi connectivity index (χ0) is 15.1. The van der Waals surface area contributed by atoms with E-state index >= 15 is 0 Å². The largest absolute Gasteiger partial charge is 0.502 e. The number of ether oxygens (including phenoxy) is 2. The molecule has 112 valence electrons. The summed E-state index contributed by atoms with van der Waals surface area (Å²) in [6.07, 6.45) is 0.979. The number of hydrogen-bond donors (Lipinski definition) is 2. The monoisotopic (exact) mass is 287 g/mol. The van der Waals surface area contributed by atoms with Gasteiger partial charge < -0.3 is 19.9 Å². The summed E-state index contributed by atoms with van der Waals surface area (Å²) >= 11 is 0. The van der Waals surface area contributed by atoms with Crippen LogP contribution in [0.1, 0.15) is 11.1 Å². The predicted octanol–water partition coefficient (Wildman–Crippen LogP) is 2.74. The molecule has 0 aliphatic carbocycles. The standard InChI is InChI=1S/C17H21NO3/c1-20-15-10-14(11-16(21-2)17(15)19)12-18-9-8-13-6-4-3-5-7-13/h3-7,10-11,18-19H,8-9,12H2,1-2H3. The van der Waals surface area contributed by atoms with Gasteiger partial charge in [0.2, 0.25) is 5.75 Å². The van der Waals surface area contributed by atoms with E-state index in [1.54, 1.807) is 0 Å². The van der Waals surface area contributed by atoms with Crippen LogP contribution in [0.3, 0.4) is 0 Å². The fraction of sp³-hybridized carbons (Fsp3) is 0.294. The molecule has 0 aromatic heterocycles. The van der Waals surface area contributed by atoms with Crippen molar-refractivity contribution in [3.63, 3.8) is 0 Å². The molecule has 0 bridgehead atoms. The maximum atomic E-state index is 9.86. The number of benzene rings is 2. The molecule has 0 radical (unpaired) electrons. The van der Waals surface area contributed by atoms with Gasteiger partial charge in [-0.15, -0.1) is 0 Å². The minimum absolute atomic E-state index is 0.0352. The molecule has 0 heterocycles. The smallest absolute Gasteiger partial charge is 0.200 e. The predicted molar refractivity (Wildman–Crippen MR) is 83.1 cm³/mol. The quantitative estimate of drug-likeness (QED) is 0.769. The Labute approximate surface area is 125 Å². The van der Waals surface area contributed by atoms with Crippen LogP contribution in [0.2, 0.25) is 0 Å². The average molecular weight is 287 g/mol. The molecule has 0 aliphatic heterocycles. The van der Waals surface area contributed by atoms with Crippen LogP contribution in [0.15, 0.2) is 42.5 Å². The van der Waals surface area contributed by atoms with E-state index in [0.717, 1.165) is 18.5 Å². The van der Waals surface area contributed by atoms with E-state index < -0.39 is 0 Å². The van der Waals surface area contributed by atoms with Crippen molar-refractivity contribution in [2.75, 3.05) is 20.8 Å². The summed E-state index contributed by atoms with van der Waals surface area (Å²) in [4.78, 5) is 0. The molecule has 4 nitrogen and oxygen atoms in total. The van der Waals surface area contributed by atoms with Gasteiger partial charge in [0, 0.05) is 6.54 Å². The number of nitrogens with one attached hydrogen (secondary N) is 1. The normalized spacial score (nSPS) is 10.4. The third kappa shape index (κ3) is 4.13. The van der Waals surface area contributed by atoms with Gasteiger partial charge in [-0.25, -0.2) is 0 Å². The lowest BCUT2D eigenvalue weighted by molar-refractivity contribution is 0.339. The molecule has 0 atom stereocenters. The molecule has 2 aromatic rings. The van der Waals surface area contributed by atoms with Crippen molar-refractivity contribution in [1.29, 1.82) is 0 Å². The Bertz CT molecular complexity index is 544. The second-order valence-electron chi connectivity index (χ2n) is 4.76. The molecule has 0 amide bonds. The molecule has 0 saturated heterocycles. The molecule has 4 heteroatoms. The van der Waals surface area contributed by atoms with Gasteiger partial charge in [0.05, 0.1) is 14.2 Å². The number of aromatic hydroxyl groups is 1. The van der Waals surface area contributed by atoms with Crippen LogP contribution in [0, 0.1) is 0 Å². The topological polar surface area (TPSA) is 50.7 Å². The van der Waals surface area contributed by atoms with E-state index in [2.05, 4.69) is 17.4 Å². The average Bonchev–Trinajstić information content (AvgIpc) is 2.53. The lowest BCUT2D eigenvalue weighted by Crippen LogP contribution is -2.16. The van der Waals surface area contributed by atoms with E-state index in [-0.39, 0.29) is 5.75 Å². The maximum Gasteiger partial charge on any atom is 0.200 e. The first kappa shape index (κ1) is 15.2. The summed E-state index contributed by atoms with van der Waals surface area (Å²) < 4.78 is 10.3. The van der Waals surface area contributed by atoms with Crippen LogP contribution in [-0.2, 0) is 13.0 Å². The fourth-order valence-corrected chi connectivity index (χ4v) is 2.16. The SMILES string of the molecule is COc1cc(CNCCc2ccccc2)cc(OC)c1O. The lowest BCUT2D eigenvalue weighted by atomic mass is 10.1. The molecular formula is C17H21NO3. The van der Waals surface area contributed by atoms with E-state index in [9.17, 15) is 5.11 Å². The van der Waals surface area contributed by atoms with Crippen molar-refractivity contribution in [2.24, 2.45) is 0 Å². The Morgan fingerprint density at radius 1 is 0.952 bits per heavy atom. The summed E-state index contributed by atoms with van der Waals surface area (Å²) in [5.74, 6) is 0.886. The molecular weight excluding hydrogens is 266 g/mol. The van der Waals surface area contributed by atoms with Crippen LogP contribution in [-0.4, -0.2) is 25.9 Å². The Kier molecular flexibility index (Phi) is 5.46. The number of methoxy groups -OCH3 is 2. The third-order valence-electron chi connectivity index (χ3n) is 3.30. The Morgan fingerprint density at radius 2 is 1.57 bits per heavy atom. The highest BCUT2D eigenvalue weighted by Crippen LogP contribution is 2.36. The van der Waals surface area contributed by atoms with Gasteiger partial charge in [-0.3, -0.25) is 0 Å². The van der Waals surface area contributed by atoms with Gasteiger partial charge in [0.1, 0.15) is 0 Å². The van der Waals surface area contributed by atoms with E-state index in [4.69, 9.17) is 9.47 Å². The van der Waals surface area contributed by atoms with E-state index in [0.29, 0.717) is 18.0 Å². The van der Waals surface area contributed by atoms with Gasteiger partial charge in [-0.2, -0.15) is 0 Å². The number of rotatable bonds is 7. The third-order valence-corrected chi connectivity index (χ3v) is 3.30. The second kappa shape index (κ2) is 7.55. The zero-order valence-electron chi connectivity index (χ0n) is 12.4. The molecule has 2 rings (SSSR count). The Balaban J connectivity index is 1.91. The van der Waals surface area contributed by atoms with Crippen LogP contribution in [0.25, 0.3) is 0 Å². The van der Waals surface area contributed by atoms with Gasteiger partial charge in [0.25, 0.3) is 0 Å². The zero-order valence-corrected chi connectivity index (χ0v) is 12.4. The van der Waals surface area contributed by atoms with Crippen molar-refractivity contribution in [1.82, 2.24) is 5.32 Å². The molecule has 21 heavy (non-hydrogen) atoms. The first-order chi connectivity index (χ1) is 10.2. The first-order valence-corrected chi connectivity index (χ1v) is 6.93. The van der Waals surface area contributed by atoms with Crippen LogP contribution in [0.5, 0.6) is 17.2 Å². The summed E-state index contributed by atoms with van der Waals surface area (Å²) in [5, 5.41) is 13.2. The van der Waals surface area contributed by atoms with E-state index in [1.807, 2.05) is 30.3 Å². The Morgan fingerprint density at radius 3 is 2.14 bits per heavy atom. The lowest BCUT2D eigenvalue weighted by Gasteiger charge is -2.12. The molecule has 0 spiro atoms. The number of phenols is 1.